The van der Waals surface area contributed by atoms with Crippen molar-refractivity contribution in [2.45, 2.75) is 12.8 Å². The molecule has 74 valence electrons. The molecule has 1 aromatic carbocycles. The highest BCUT2D eigenvalue weighted by Crippen LogP contribution is 2.19. The van der Waals surface area contributed by atoms with Gasteiger partial charge in [0, 0.05) is 18.3 Å². The summed E-state index contributed by atoms with van der Waals surface area (Å²) in [6.45, 7) is 0. The van der Waals surface area contributed by atoms with E-state index in [4.69, 9.17) is 0 Å². The summed E-state index contributed by atoms with van der Waals surface area (Å²) < 4.78 is 2.28. The molecule has 1 nitrogen and oxygen atoms in total. The standard InChI is InChI=1S/C12H15NS/c1-13-11(6-4-8-14)9-10-5-2-3-7-12(10)13/h2-3,5,7,9,14H,4,6,8H2,1H3. The maximum Gasteiger partial charge on any atom is 0.0479 e. The van der Waals surface area contributed by atoms with Crippen molar-refractivity contribution in [1.29, 1.82) is 0 Å². The van der Waals surface area contributed by atoms with E-state index in [1.54, 1.807) is 0 Å². The van der Waals surface area contributed by atoms with Gasteiger partial charge in [-0.2, -0.15) is 12.6 Å². The van der Waals surface area contributed by atoms with Crippen LogP contribution in [0.4, 0.5) is 0 Å². The minimum Gasteiger partial charge on any atom is -0.348 e. The third-order valence-electron chi connectivity index (χ3n) is 2.64. The summed E-state index contributed by atoms with van der Waals surface area (Å²) in [5.74, 6) is 0.960. The zero-order chi connectivity index (χ0) is 9.97. The maximum atomic E-state index is 4.24. The number of nitrogens with zero attached hydrogens (tertiary/aromatic N) is 1. The number of thiol groups is 1. The number of aryl methyl sites for hydroxylation is 2. The van der Waals surface area contributed by atoms with Gasteiger partial charge in [0.2, 0.25) is 0 Å². The van der Waals surface area contributed by atoms with E-state index in [9.17, 15) is 0 Å². The molecule has 0 aliphatic carbocycles. The molecule has 2 aromatic rings. The normalized spacial score (nSPS) is 11.0. The first kappa shape index (κ1) is 9.66. The highest BCUT2D eigenvalue weighted by Gasteiger charge is 2.03. The van der Waals surface area contributed by atoms with Crippen LogP contribution >= 0.6 is 12.6 Å². The summed E-state index contributed by atoms with van der Waals surface area (Å²) in [7, 11) is 2.14. The third-order valence-corrected chi connectivity index (χ3v) is 2.96. The molecular formula is C12H15NS. The number of rotatable bonds is 3. The van der Waals surface area contributed by atoms with Gasteiger partial charge in [-0.25, -0.2) is 0 Å². The molecule has 0 aliphatic heterocycles. The number of hydrogen-bond donors (Lipinski definition) is 1. The summed E-state index contributed by atoms with van der Waals surface area (Å²) in [5, 5.41) is 1.34. The van der Waals surface area contributed by atoms with Crippen molar-refractivity contribution in [2.75, 3.05) is 5.75 Å². The van der Waals surface area contributed by atoms with E-state index in [1.165, 1.54) is 16.6 Å². The zero-order valence-corrected chi connectivity index (χ0v) is 9.30. The van der Waals surface area contributed by atoms with Crippen molar-refractivity contribution in [3.05, 3.63) is 36.0 Å². The highest BCUT2D eigenvalue weighted by molar-refractivity contribution is 7.80. The Kier molecular flexibility index (Phi) is 2.82. The smallest absolute Gasteiger partial charge is 0.0479 e. The third kappa shape index (κ3) is 1.67. The molecule has 0 spiro atoms. The van der Waals surface area contributed by atoms with Crippen molar-refractivity contribution in [1.82, 2.24) is 4.57 Å². The van der Waals surface area contributed by atoms with E-state index in [-0.39, 0.29) is 0 Å². The molecule has 0 bridgehead atoms. The molecule has 14 heavy (non-hydrogen) atoms. The van der Waals surface area contributed by atoms with Crippen LogP contribution in [0.25, 0.3) is 10.9 Å². The first-order chi connectivity index (χ1) is 6.83. The van der Waals surface area contributed by atoms with Gasteiger partial charge in [-0.1, -0.05) is 18.2 Å². The Balaban J connectivity index is 2.41. The molecule has 0 radical (unpaired) electrons. The second-order valence-electron chi connectivity index (χ2n) is 3.58. The van der Waals surface area contributed by atoms with Gasteiger partial charge < -0.3 is 4.57 Å². The average molecular weight is 205 g/mol. The van der Waals surface area contributed by atoms with Crippen molar-refractivity contribution in [2.24, 2.45) is 7.05 Å². The van der Waals surface area contributed by atoms with Crippen molar-refractivity contribution in [3.63, 3.8) is 0 Å². The Labute approximate surface area is 90.1 Å². The van der Waals surface area contributed by atoms with Gasteiger partial charge in [-0.15, -0.1) is 0 Å². The van der Waals surface area contributed by atoms with E-state index < -0.39 is 0 Å². The van der Waals surface area contributed by atoms with Crippen LogP contribution in [0.2, 0.25) is 0 Å². The second kappa shape index (κ2) is 4.09. The van der Waals surface area contributed by atoms with Gasteiger partial charge in [0.25, 0.3) is 0 Å². The molecule has 0 saturated carbocycles. The molecule has 0 fully saturated rings. The molecule has 1 heterocycles. The summed E-state index contributed by atoms with van der Waals surface area (Å²) in [6.07, 6.45) is 2.27. The summed E-state index contributed by atoms with van der Waals surface area (Å²) in [5.41, 5.74) is 2.72. The topological polar surface area (TPSA) is 4.93 Å². The molecule has 0 unspecified atom stereocenters. The van der Waals surface area contributed by atoms with Gasteiger partial charge in [-0.3, -0.25) is 0 Å². The van der Waals surface area contributed by atoms with Crippen LogP contribution in [0, 0.1) is 0 Å². The highest BCUT2D eigenvalue weighted by atomic mass is 32.1. The van der Waals surface area contributed by atoms with Crippen LogP contribution in [0.3, 0.4) is 0 Å². The Morgan fingerprint density at radius 2 is 2.07 bits per heavy atom. The average Bonchev–Trinajstić information content (AvgIpc) is 2.54. The van der Waals surface area contributed by atoms with Gasteiger partial charge in [0.05, 0.1) is 0 Å². The van der Waals surface area contributed by atoms with Crippen LogP contribution < -0.4 is 0 Å². The minimum absolute atomic E-state index is 0.960. The number of hydrogen-bond acceptors (Lipinski definition) is 1. The fraction of sp³-hybridized carbons (Fsp3) is 0.333. The Morgan fingerprint density at radius 3 is 2.79 bits per heavy atom. The van der Waals surface area contributed by atoms with Crippen LogP contribution in [0.15, 0.2) is 30.3 Å². The van der Waals surface area contributed by atoms with E-state index in [1.807, 2.05) is 0 Å². The first-order valence-electron chi connectivity index (χ1n) is 4.97. The molecule has 1 aromatic heterocycles. The van der Waals surface area contributed by atoms with E-state index in [0.29, 0.717) is 0 Å². The number of fused-ring (bicyclic) bond motifs is 1. The molecule has 2 heteroatoms. The maximum absolute atomic E-state index is 4.24. The van der Waals surface area contributed by atoms with Crippen LogP contribution in [-0.2, 0) is 13.5 Å². The SMILES string of the molecule is Cn1c(CCCS)cc2ccccc21. The fourth-order valence-electron chi connectivity index (χ4n) is 1.85. The van der Waals surface area contributed by atoms with Gasteiger partial charge in [0.1, 0.15) is 0 Å². The van der Waals surface area contributed by atoms with Crippen LogP contribution in [0.1, 0.15) is 12.1 Å². The van der Waals surface area contributed by atoms with Gasteiger partial charge in [-0.05, 0) is 36.1 Å². The quantitative estimate of drug-likeness (QED) is 0.735. The predicted octanol–water partition coefficient (Wildman–Crippen LogP) is 3.04. The summed E-state index contributed by atoms with van der Waals surface area (Å²) >= 11 is 4.24. The molecule has 0 amide bonds. The van der Waals surface area contributed by atoms with Crippen molar-refractivity contribution < 1.29 is 0 Å². The molecule has 0 atom stereocenters. The van der Waals surface area contributed by atoms with Crippen molar-refractivity contribution >= 4 is 23.5 Å². The molecule has 0 N–H and O–H groups in total. The van der Waals surface area contributed by atoms with E-state index in [2.05, 4.69) is 54.6 Å². The van der Waals surface area contributed by atoms with E-state index >= 15 is 0 Å². The molecule has 0 saturated heterocycles. The molecular weight excluding hydrogens is 190 g/mol. The summed E-state index contributed by atoms with van der Waals surface area (Å²) in [6, 6.07) is 10.8. The predicted molar refractivity (Wildman–Crippen MR) is 65.1 cm³/mol. The zero-order valence-electron chi connectivity index (χ0n) is 8.40. The second-order valence-corrected chi connectivity index (χ2v) is 4.03. The lowest BCUT2D eigenvalue weighted by Gasteiger charge is -2.02. The Morgan fingerprint density at radius 1 is 1.29 bits per heavy atom. The van der Waals surface area contributed by atoms with Gasteiger partial charge >= 0.3 is 0 Å². The first-order valence-corrected chi connectivity index (χ1v) is 5.60. The minimum atomic E-state index is 0.960. The molecule has 2 rings (SSSR count). The van der Waals surface area contributed by atoms with Gasteiger partial charge in [0.15, 0.2) is 0 Å². The van der Waals surface area contributed by atoms with Crippen molar-refractivity contribution in [3.8, 4) is 0 Å². The lowest BCUT2D eigenvalue weighted by Crippen LogP contribution is -1.96. The lowest BCUT2D eigenvalue weighted by molar-refractivity contribution is 0.810. The van der Waals surface area contributed by atoms with Crippen LogP contribution in [-0.4, -0.2) is 10.3 Å². The summed E-state index contributed by atoms with van der Waals surface area (Å²) in [4.78, 5) is 0. The lowest BCUT2D eigenvalue weighted by atomic mass is 10.2. The number of para-hydroxylation sites is 1. The Bertz CT molecular complexity index is 431. The Hall–Kier alpha value is -0.890. The monoisotopic (exact) mass is 205 g/mol. The number of benzene rings is 1. The fourth-order valence-corrected chi connectivity index (χ4v) is 2.00. The van der Waals surface area contributed by atoms with Crippen LogP contribution in [0.5, 0.6) is 0 Å². The van der Waals surface area contributed by atoms with E-state index in [0.717, 1.165) is 18.6 Å². The molecule has 0 aliphatic rings. The largest absolute Gasteiger partial charge is 0.348 e. The number of aromatic nitrogens is 1.